The molecule has 0 aromatic heterocycles. The summed E-state index contributed by atoms with van der Waals surface area (Å²) in [7, 11) is 0. The molecule has 0 aromatic carbocycles. The van der Waals surface area contributed by atoms with Crippen LogP contribution in [-0.2, 0) is 0 Å². The molecule has 2 nitrogen and oxygen atoms in total. The summed E-state index contributed by atoms with van der Waals surface area (Å²) in [5, 5.41) is 3.70. The Morgan fingerprint density at radius 3 is 2.41 bits per heavy atom. The normalized spacial score (nSPS) is 31.8. The predicted octanol–water partition coefficient (Wildman–Crippen LogP) is 2.89. The van der Waals surface area contributed by atoms with E-state index in [0.29, 0.717) is 5.41 Å². The third-order valence-corrected chi connectivity index (χ3v) is 4.87. The van der Waals surface area contributed by atoms with Gasteiger partial charge in [-0.15, -0.1) is 0 Å². The van der Waals surface area contributed by atoms with Crippen molar-refractivity contribution < 1.29 is 0 Å². The van der Waals surface area contributed by atoms with Crippen LogP contribution in [0.25, 0.3) is 0 Å². The van der Waals surface area contributed by atoms with Crippen LogP contribution < -0.4 is 5.32 Å². The smallest absolute Gasteiger partial charge is 0.0252 e. The van der Waals surface area contributed by atoms with Crippen molar-refractivity contribution in [3.8, 4) is 0 Å². The zero-order chi connectivity index (χ0) is 12.7. The molecule has 0 spiro atoms. The van der Waals surface area contributed by atoms with Gasteiger partial charge in [0.1, 0.15) is 0 Å². The Kier molecular flexibility index (Phi) is 3.57. The van der Waals surface area contributed by atoms with Crippen molar-refractivity contribution in [1.82, 2.24) is 10.2 Å². The first kappa shape index (κ1) is 13.4. The number of hydrogen-bond acceptors (Lipinski definition) is 2. The van der Waals surface area contributed by atoms with E-state index in [1.807, 2.05) is 0 Å². The van der Waals surface area contributed by atoms with Crippen LogP contribution in [-0.4, -0.2) is 36.1 Å². The standard InChI is InChI=1S/C15H30N2/c1-6-15(7-8-15)11-17-10-14(4,5)16-9-13(17)12(2)3/h12-13,16H,6-11H2,1-5H3. The maximum absolute atomic E-state index is 3.70. The molecule has 0 radical (unpaired) electrons. The fourth-order valence-corrected chi connectivity index (χ4v) is 3.25. The Hall–Kier alpha value is -0.0800. The molecule has 1 heterocycles. The van der Waals surface area contributed by atoms with Gasteiger partial charge in [-0.2, -0.15) is 0 Å². The minimum Gasteiger partial charge on any atom is -0.309 e. The van der Waals surface area contributed by atoms with Gasteiger partial charge in [-0.25, -0.2) is 0 Å². The molecule has 1 N–H and O–H groups in total. The second-order valence-electron chi connectivity index (χ2n) is 7.33. The Bertz CT molecular complexity index is 266. The maximum Gasteiger partial charge on any atom is 0.0252 e. The Balaban J connectivity index is 2.03. The lowest BCUT2D eigenvalue weighted by atomic mass is 9.91. The molecule has 1 unspecified atom stereocenters. The van der Waals surface area contributed by atoms with Gasteiger partial charge >= 0.3 is 0 Å². The largest absolute Gasteiger partial charge is 0.309 e. The first-order valence-electron chi connectivity index (χ1n) is 7.37. The Labute approximate surface area is 107 Å². The van der Waals surface area contributed by atoms with Gasteiger partial charge < -0.3 is 5.32 Å². The van der Waals surface area contributed by atoms with E-state index in [1.54, 1.807) is 0 Å². The summed E-state index contributed by atoms with van der Waals surface area (Å²) in [6.07, 6.45) is 4.28. The predicted molar refractivity (Wildman–Crippen MR) is 74.2 cm³/mol. The van der Waals surface area contributed by atoms with Gasteiger partial charge in [0.05, 0.1) is 0 Å². The molecular weight excluding hydrogens is 208 g/mol. The van der Waals surface area contributed by atoms with Gasteiger partial charge in [0.2, 0.25) is 0 Å². The van der Waals surface area contributed by atoms with Crippen molar-refractivity contribution in [3.63, 3.8) is 0 Å². The highest BCUT2D eigenvalue weighted by Crippen LogP contribution is 2.49. The molecule has 0 aromatic rings. The average molecular weight is 238 g/mol. The van der Waals surface area contributed by atoms with Gasteiger partial charge in [-0.1, -0.05) is 20.8 Å². The van der Waals surface area contributed by atoms with Crippen LogP contribution in [0.2, 0.25) is 0 Å². The molecule has 100 valence electrons. The molecule has 1 atom stereocenters. The van der Waals surface area contributed by atoms with E-state index in [2.05, 4.69) is 44.8 Å². The van der Waals surface area contributed by atoms with Crippen LogP contribution in [0.3, 0.4) is 0 Å². The lowest BCUT2D eigenvalue weighted by Crippen LogP contribution is -2.63. The molecule has 0 amide bonds. The Morgan fingerprint density at radius 2 is 1.94 bits per heavy atom. The van der Waals surface area contributed by atoms with Crippen LogP contribution in [0.4, 0.5) is 0 Å². The van der Waals surface area contributed by atoms with Crippen LogP contribution in [0.5, 0.6) is 0 Å². The summed E-state index contributed by atoms with van der Waals surface area (Å²) in [6, 6.07) is 0.729. The molecule has 0 bridgehead atoms. The van der Waals surface area contributed by atoms with E-state index in [0.717, 1.165) is 18.5 Å². The minimum atomic E-state index is 0.287. The SMILES string of the molecule is CCC1(CN2CC(C)(C)NCC2C(C)C)CC1. The highest BCUT2D eigenvalue weighted by molar-refractivity contribution is 5.00. The van der Waals surface area contributed by atoms with E-state index < -0.39 is 0 Å². The lowest BCUT2D eigenvalue weighted by molar-refractivity contribution is 0.0503. The van der Waals surface area contributed by atoms with Crippen molar-refractivity contribution in [3.05, 3.63) is 0 Å². The second-order valence-corrected chi connectivity index (χ2v) is 7.33. The number of nitrogens with one attached hydrogen (secondary N) is 1. The average Bonchev–Trinajstić information content (AvgIpc) is 2.96. The van der Waals surface area contributed by atoms with Crippen LogP contribution in [0.1, 0.15) is 53.9 Å². The third-order valence-electron chi connectivity index (χ3n) is 4.87. The van der Waals surface area contributed by atoms with Crippen LogP contribution in [0.15, 0.2) is 0 Å². The van der Waals surface area contributed by atoms with E-state index in [4.69, 9.17) is 0 Å². The fraction of sp³-hybridized carbons (Fsp3) is 1.00. The van der Waals surface area contributed by atoms with Crippen LogP contribution >= 0.6 is 0 Å². The molecule has 2 aliphatic rings. The maximum atomic E-state index is 3.70. The second kappa shape index (κ2) is 4.55. The topological polar surface area (TPSA) is 15.3 Å². The van der Waals surface area contributed by atoms with Gasteiger partial charge in [0.25, 0.3) is 0 Å². The highest BCUT2D eigenvalue weighted by Gasteiger charge is 2.45. The molecule has 1 saturated heterocycles. The monoisotopic (exact) mass is 238 g/mol. The number of nitrogens with zero attached hydrogens (tertiary/aromatic N) is 1. The summed E-state index contributed by atoms with van der Waals surface area (Å²) in [5.74, 6) is 0.756. The number of hydrogen-bond donors (Lipinski definition) is 1. The molecular formula is C15H30N2. The van der Waals surface area contributed by atoms with E-state index in [-0.39, 0.29) is 5.54 Å². The van der Waals surface area contributed by atoms with E-state index in [9.17, 15) is 0 Å². The molecule has 1 aliphatic carbocycles. The summed E-state index contributed by atoms with van der Waals surface area (Å²) >= 11 is 0. The summed E-state index contributed by atoms with van der Waals surface area (Å²) in [5.41, 5.74) is 0.968. The van der Waals surface area contributed by atoms with Crippen LogP contribution in [0, 0.1) is 11.3 Å². The number of piperazine rings is 1. The van der Waals surface area contributed by atoms with Gasteiger partial charge in [0, 0.05) is 31.2 Å². The van der Waals surface area contributed by atoms with Gasteiger partial charge in [-0.05, 0) is 44.4 Å². The molecule has 1 saturated carbocycles. The highest BCUT2D eigenvalue weighted by atomic mass is 15.3. The molecule has 1 aliphatic heterocycles. The zero-order valence-electron chi connectivity index (χ0n) is 12.3. The summed E-state index contributed by atoms with van der Waals surface area (Å²) in [6.45, 7) is 15.5. The first-order valence-corrected chi connectivity index (χ1v) is 7.37. The third kappa shape index (κ3) is 3.03. The molecule has 2 rings (SSSR count). The quantitative estimate of drug-likeness (QED) is 0.810. The minimum absolute atomic E-state index is 0.287. The van der Waals surface area contributed by atoms with Crippen molar-refractivity contribution in [2.75, 3.05) is 19.6 Å². The van der Waals surface area contributed by atoms with Crippen molar-refractivity contribution >= 4 is 0 Å². The molecule has 2 heteroatoms. The number of rotatable bonds is 4. The lowest BCUT2D eigenvalue weighted by Gasteiger charge is -2.47. The van der Waals surface area contributed by atoms with E-state index in [1.165, 1.54) is 32.4 Å². The van der Waals surface area contributed by atoms with Crippen molar-refractivity contribution in [2.24, 2.45) is 11.3 Å². The van der Waals surface area contributed by atoms with E-state index >= 15 is 0 Å². The van der Waals surface area contributed by atoms with Crippen molar-refractivity contribution in [1.29, 1.82) is 0 Å². The summed E-state index contributed by atoms with van der Waals surface area (Å²) in [4.78, 5) is 2.78. The van der Waals surface area contributed by atoms with Gasteiger partial charge in [0.15, 0.2) is 0 Å². The summed E-state index contributed by atoms with van der Waals surface area (Å²) < 4.78 is 0. The molecule has 2 fully saturated rings. The zero-order valence-corrected chi connectivity index (χ0v) is 12.3. The Morgan fingerprint density at radius 1 is 1.29 bits per heavy atom. The first-order chi connectivity index (χ1) is 7.87. The fourth-order valence-electron chi connectivity index (χ4n) is 3.25. The van der Waals surface area contributed by atoms with Crippen molar-refractivity contribution in [2.45, 2.75) is 65.5 Å². The van der Waals surface area contributed by atoms with Gasteiger partial charge in [-0.3, -0.25) is 4.90 Å². The molecule has 17 heavy (non-hydrogen) atoms.